The molecule has 0 fully saturated rings. The summed E-state index contributed by atoms with van der Waals surface area (Å²) in [7, 11) is 1.97. The lowest BCUT2D eigenvalue weighted by molar-refractivity contribution is 0.391. The van der Waals surface area contributed by atoms with Crippen LogP contribution in [0.25, 0.3) is 22.1 Å². The van der Waals surface area contributed by atoms with Gasteiger partial charge in [0.25, 0.3) is 0 Å². The lowest BCUT2D eigenvalue weighted by atomic mass is 9.87. The van der Waals surface area contributed by atoms with Crippen LogP contribution < -0.4 is 0 Å². The highest BCUT2D eigenvalue weighted by Crippen LogP contribution is 2.28. The molecule has 0 spiro atoms. The zero-order chi connectivity index (χ0) is 19.7. The summed E-state index contributed by atoms with van der Waals surface area (Å²) in [6.45, 7) is 6.63. The average molecular weight is 412 g/mol. The minimum absolute atomic E-state index is 0.130. The first-order valence-corrected chi connectivity index (χ1v) is 10.8. The highest BCUT2D eigenvalue weighted by Gasteiger charge is 2.16. The van der Waals surface area contributed by atoms with Crippen LogP contribution in [-0.2, 0) is 18.2 Å². The van der Waals surface area contributed by atoms with E-state index in [4.69, 9.17) is 4.52 Å². The standard InChI is InChI=1S/C20H21N5OS2/c1-20(2,3)14-9-7-13(8-10-14)18-22-23-19(25(18)4)28-12-16-21-17(24-26-16)15-6-5-11-27-15/h5-11H,12H2,1-4H3. The molecule has 0 unspecified atom stereocenters. The fraction of sp³-hybridized carbons (Fsp3) is 0.300. The van der Waals surface area contributed by atoms with Gasteiger partial charge in [0.1, 0.15) is 0 Å². The van der Waals surface area contributed by atoms with Crippen LogP contribution in [-0.4, -0.2) is 24.9 Å². The molecule has 3 aromatic heterocycles. The second kappa shape index (κ2) is 7.52. The van der Waals surface area contributed by atoms with Crippen molar-refractivity contribution in [2.75, 3.05) is 0 Å². The van der Waals surface area contributed by atoms with E-state index < -0.39 is 0 Å². The van der Waals surface area contributed by atoms with Crippen LogP contribution in [0.15, 0.2) is 51.5 Å². The number of aromatic nitrogens is 5. The fourth-order valence-electron chi connectivity index (χ4n) is 2.76. The number of nitrogens with zero attached hydrogens (tertiary/aromatic N) is 5. The van der Waals surface area contributed by atoms with Gasteiger partial charge in [-0.1, -0.05) is 68.0 Å². The van der Waals surface area contributed by atoms with Gasteiger partial charge < -0.3 is 9.09 Å². The van der Waals surface area contributed by atoms with Crippen LogP contribution >= 0.6 is 23.1 Å². The van der Waals surface area contributed by atoms with E-state index in [2.05, 4.69) is 65.4 Å². The Morgan fingerprint density at radius 1 is 1.11 bits per heavy atom. The molecule has 0 saturated heterocycles. The van der Waals surface area contributed by atoms with Gasteiger partial charge in [0.2, 0.25) is 11.7 Å². The molecule has 144 valence electrons. The van der Waals surface area contributed by atoms with E-state index in [0.717, 1.165) is 21.4 Å². The summed E-state index contributed by atoms with van der Waals surface area (Å²) in [6.07, 6.45) is 0. The van der Waals surface area contributed by atoms with Gasteiger partial charge in [-0.25, -0.2) is 0 Å². The van der Waals surface area contributed by atoms with Gasteiger partial charge in [-0.05, 0) is 22.4 Å². The van der Waals surface area contributed by atoms with Crippen LogP contribution in [0.4, 0.5) is 0 Å². The number of rotatable bonds is 5. The number of thioether (sulfide) groups is 1. The van der Waals surface area contributed by atoms with E-state index in [1.165, 1.54) is 17.3 Å². The van der Waals surface area contributed by atoms with Crippen LogP contribution in [0.5, 0.6) is 0 Å². The zero-order valence-corrected chi connectivity index (χ0v) is 17.8. The molecule has 6 nitrogen and oxygen atoms in total. The molecule has 3 heterocycles. The molecule has 1 aromatic carbocycles. The molecular weight excluding hydrogens is 390 g/mol. The Labute approximate surface area is 172 Å². The first kappa shape index (κ1) is 18.9. The molecule has 28 heavy (non-hydrogen) atoms. The molecule has 0 radical (unpaired) electrons. The Morgan fingerprint density at radius 3 is 2.57 bits per heavy atom. The lowest BCUT2D eigenvalue weighted by Gasteiger charge is -2.19. The Morgan fingerprint density at radius 2 is 1.89 bits per heavy atom. The van der Waals surface area contributed by atoms with E-state index in [-0.39, 0.29) is 5.41 Å². The molecular formula is C20H21N5OS2. The Kier molecular flexibility index (Phi) is 5.07. The first-order chi connectivity index (χ1) is 13.4. The second-order valence-corrected chi connectivity index (χ2v) is 9.36. The zero-order valence-electron chi connectivity index (χ0n) is 16.2. The molecule has 0 saturated carbocycles. The molecule has 8 heteroatoms. The lowest BCUT2D eigenvalue weighted by Crippen LogP contribution is -2.10. The Bertz CT molecular complexity index is 1060. The number of hydrogen-bond acceptors (Lipinski definition) is 7. The highest BCUT2D eigenvalue weighted by atomic mass is 32.2. The third-order valence-electron chi connectivity index (χ3n) is 4.38. The molecule has 0 aliphatic heterocycles. The summed E-state index contributed by atoms with van der Waals surface area (Å²) in [5, 5.41) is 15.5. The molecule has 4 rings (SSSR count). The smallest absolute Gasteiger partial charge is 0.237 e. The summed E-state index contributed by atoms with van der Waals surface area (Å²) in [5.41, 5.74) is 2.48. The van der Waals surface area contributed by atoms with Gasteiger partial charge in [-0.3, -0.25) is 0 Å². The normalized spacial score (nSPS) is 11.9. The first-order valence-electron chi connectivity index (χ1n) is 8.91. The molecule has 0 amide bonds. The van der Waals surface area contributed by atoms with Crippen LogP contribution in [0.3, 0.4) is 0 Å². The Balaban J connectivity index is 1.47. The highest BCUT2D eigenvalue weighted by molar-refractivity contribution is 7.98. The molecule has 0 aliphatic rings. The van der Waals surface area contributed by atoms with E-state index in [9.17, 15) is 0 Å². The van der Waals surface area contributed by atoms with Gasteiger partial charge >= 0.3 is 0 Å². The molecule has 4 aromatic rings. The summed E-state index contributed by atoms with van der Waals surface area (Å²) in [4.78, 5) is 5.45. The second-order valence-electron chi connectivity index (χ2n) is 7.47. The third-order valence-corrected chi connectivity index (χ3v) is 6.25. The quantitative estimate of drug-likeness (QED) is 0.421. The van der Waals surface area contributed by atoms with Crippen molar-refractivity contribution in [3.05, 3.63) is 53.2 Å². The van der Waals surface area contributed by atoms with Crippen LogP contribution in [0.1, 0.15) is 32.2 Å². The summed E-state index contributed by atoms with van der Waals surface area (Å²) in [6, 6.07) is 12.5. The SMILES string of the molecule is Cn1c(SCc2nc(-c3cccs3)no2)nnc1-c1ccc(C(C)(C)C)cc1. The molecule has 0 aliphatic carbocycles. The monoisotopic (exact) mass is 411 g/mol. The maximum Gasteiger partial charge on any atom is 0.237 e. The van der Waals surface area contributed by atoms with Crippen molar-refractivity contribution in [1.29, 1.82) is 0 Å². The average Bonchev–Trinajstić information content (AvgIpc) is 3.40. The van der Waals surface area contributed by atoms with E-state index in [0.29, 0.717) is 17.5 Å². The van der Waals surface area contributed by atoms with Crippen molar-refractivity contribution >= 4 is 23.1 Å². The van der Waals surface area contributed by atoms with Crippen LogP contribution in [0.2, 0.25) is 0 Å². The largest absolute Gasteiger partial charge is 0.338 e. The minimum Gasteiger partial charge on any atom is -0.338 e. The van der Waals surface area contributed by atoms with Gasteiger partial charge in [-0.2, -0.15) is 4.98 Å². The van der Waals surface area contributed by atoms with Gasteiger partial charge in [-0.15, -0.1) is 21.5 Å². The maximum absolute atomic E-state index is 5.35. The van der Waals surface area contributed by atoms with Crippen molar-refractivity contribution in [2.45, 2.75) is 37.1 Å². The topological polar surface area (TPSA) is 69.6 Å². The van der Waals surface area contributed by atoms with Crippen molar-refractivity contribution < 1.29 is 4.52 Å². The van der Waals surface area contributed by atoms with Gasteiger partial charge in [0, 0.05) is 12.6 Å². The van der Waals surface area contributed by atoms with Crippen molar-refractivity contribution in [3.63, 3.8) is 0 Å². The van der Waals surface area contributed by atoms with Crippen molar-refractivity contribution in [3.8, 4) is 22.1 Å². The predicted octanol–water partition coefficient (Wildman–Crippen LogP) is 5.18. The van der Waals surface area contributed by atoms with E-state index in [1.807, 2.05) is 29.1 Å². The van der Waals surface area contributed by atoms with Gasteiger partial charge in [0.05, 0.1) is 10.6 Å². The number of thiophene rings is 1. The predicted molar refractivity (Wildman–Crippen MR) is 112 cm³/mol. The van der Waals surface area contributed by atoms with Crippen LogP contribution in [0, 0.1) is 0 Å². The van der Waals surface area contributed by atoms with Crippen molar-refractivity contribution in [2.24, 2.45) is 7.05 Å². The fourth-order valence-corrected chi connectivity index (χ4v) is 4.15. The summed E-state index contributed by atoms with van der Waals surface area (Å²) < 4.78 is 7.35. The summed E-state index contributed by atoms with van der Waals surface area (Å²) >= 11 is 3.12. The van der Waals surface area contributed by atoms with E-state index >= 15 is 0 Å². The molecule has 0 N–H and O–H groups in total. The van der Waals surface area contributed by atoms with Gasteiger partial charge in [0.15, 0.2) is 11.0 Å². The molecule has 0 bridgehead atoms. The number of benzene rings is 1. The van der Waals surface area contributed by atoms with E-state index in [1.54, 1.807) is 11.3 Å². The van der Waals surface area contributed by atoms with Crippen molar-refractivity contribution in [1.82, 2.24) is 24.9 Å². The third kappa shape index (κ3) is 3.88. The number of hydrogen-bond donors (Lipinski definition) is 0. The molecule has 0 atom stereocenters. The maximum atomic E-state index is 5.35. The summed E-state index contributed by atoms with van der Waals surface area (Å²) in [5.74, 6) is 2.59. The minimum atomic E-state index is 0.130. The Hall–Kier alpha value is -2.45.